The molecule has 290 valence electrons. The highest BCUT2D eigenvalue weighted by atomic mass is 16.6. The molecule has 50 heavy (non-hydrogen) atoms. The zero-order valence-electron chi connectivity index (χ0n) is 29.6. The molecule has 0 amide bonds. The van der Waals surface area contributed by atoms with E-state index in [1.165, 1.54) is 0 Å². The Hall–Kier alpha value is -3.34. The summed E-state index contributed by atoms with van der Waals surface area (Å²) in [5.74, 6) is -12.0. The van der Waals surface area contributed by atoms with Gasteiger partial charge in [-0.15, -0.1) is 0 Å². The summed E-state index contributed by atoms with van der Waals surface area (Å²) in [5, 5.41) is 67.8. The number of hydrogen-bond donors (Lipinski definition) is 8. The largest absolute Gasteiger partial charge is 0.481 e. The van der Waals surface area contributed by atoms with Crippen LogP contribution >= 0.6 is 0 Å². The van der Waals surface area contributed by atoms with Crippen molar-refractivity contribution in [1.29, 1.82) is 0 Å². The maximum Gasteiger partial charge on any atom is 0.307 e. The first kappa shape index (κ1) is 46.7. The van der Waals surface area contributed by atoms with Gasteiger partial charge in [0.2, 0.25) is 0 Å². The second kappa shape index (κ2) is 24.7. The maximum atomic E-state index is 13.0. The second-order valence-corrected chi connectivity index (χ2v) is 13.6. The lowest BCUT2D eigenvalue weighted by Crippen LogP contribution is -2.42. The van der Waals surface area contributed by atoms with Gasteiger partial charge in [0.1, 0.15) is 12.2 Å². The van der Waals surface area contributed by atoms with E-state index in [4.69, 9.17) is 25.4 Å². The van der Waals surface area contributed by atoms with Crippen molar-refractivity contribution in [2.24, 2.45) is 29.4 Å². The Kier molecular flexibility index (Phi) is 23.1. The molecule has 16 nitrogen and oxygen atoms in total. The van der Waals surface area contributed by atoms with E-state index >= 15 is 0 Å². The molecule has 0 saturated carbocycles. The highest BCUT2D eigenvalue weighted by molar-refractivity contribution is 5.83. The number of unbranched alkanes of at least 4 members (excludes halogenated alkanes) is 2. The number of carboxylic acids is 4. The Labute approximate surface area is 293 Å². The number of carboxylic acid groups (broad SMARTS) is 4. The molecular weight excluding hydrogens is 662 g/mol. The molecule has 16 heteroatoms. The van der Waals surface area contributed by atoms with Gasteiger partial charge in [-0.2, -0.15) is 0 Å². The average molecular weight is 722 g/mol. The minimum Gasteiger partial charge on any atom is -0.481 e. The number of nitrogens with two attached hydrogens (primary N) is 1. The number of carbonyl (C=O) groups is 6. The van der Waals surface area contributed by atoms with Crippen LogP contribution in [0.5, 0.6) is 0 Å². The van der Waals surface area contributed by atoms with E-state index in [1.807, 2.05) is 6.92 Å². The number of ether oxygens (including phenoxy) is 2. The fourth-order valence-electron chi connectivity index (χ4n) is 5.68. The highest BCUT2D eigenvalue weighted by Crippen LogP contribution is 2.29. The number of aliphatic carboxylic acids is 4. The predicted octanol–water partition coefficient (Wildman–Crippen LogP) is 2.56. The quantitative estimate of drug-likeness (QED) is 0.0407. The van der Waals surface area contributed by atoms with Crippen LogP contribution in [0.3, 0.4) is 0 Å². The minimum atomic E-state index is -1.59. The first-order chi connectivity index (χ1) is 23.3. The molecule has 0 aliphatic rings. The van der Waals surface area contributed by atoms with E-state index in [2.05, 4.69) is 0 Å². The molecule has 9 N–H and O–H groups in total. The minimum absolute atomic E-state index is 0.0270. The van der Waals surface area contributed by atoms with Gasteiger partial charge in [-0.05, 0) is 50.9 Å². The van der Waals surface area contributed by atoms with Gasteiger partial charge < -0.3 is 51.0 Å². The Balaban J connectivity index is 5.98. The van der Waals surface area contributed by atoms with E-state index in [1.54, 1.807) is 20.8 Å². The lowest BCUT2D eigenvalue weighted by Gasteiger charge is -2.33. The van der Waals surface area contributed by atoms with E-state index in [0.717, 1.165) is 6.42 Å². The van der Waals surface area contributed by atoms with Crippen LogP contribution in [0.15, 0.2) is 0 Å². The van der Waals surface area contributed by atoms with Crippen LogP contribution in [0, 0.1) is 23.7 Å². The van der Waals surface area contributed by atoms with Gasteiger partial charge in [-0.25, -0.2) is 0 Å². The smallest absolute Gasteiger partial charge is 0.307 e. The summed E-state index contributed by atoms with van der Waals surface area (Å²) >= 11 is 0. The highest BCUT2D eigenvalue weighted by Gasteiger charge is 2.37. The molecule has 0 saturated heterocycles. The maximum absolute atomic E-state index is 13.0. The molecule has 0 radical (unpaired) electrons. The van der Waals surface area contributed by atoms with Crippen molar-refractivity contribution in [3.8, 4) is 0 Å². The summed E-state index contributed by atoms with van der Waals surface area (Å²) in [4.78, 5) is 71.6. The predicted molar refractivity (Wildman–Crippen MR) is 178 cm³/mol. The average Bonchev–Trinajstić information content (AvgIpc) is 2.99. The molecule has 0 aromatic heterocycles. The van der Waals surface area contributed by atoms with Gasteiger partial charge >= 0.3 is 35.8 Å². The summed E-state index contributed by atoms with van der Waals surface area (Å²) in [6.07, 6.45) is -3.74. The molecule has 10 atom stereocenters. The third-order valence-electron chi connectivity index (χ3n) is 8.61. The topological polar surface area (TPSA) is 289 Å². The summed E-state index contributed by atoms with van der Waals surface area (Å²) in [7, 11) is 0. The van der Waals surface area contributed by atoms with Crippen LogP contribution in [-0.4, -0.2) is 108 Å². The molecule has 0 aliphatic heterocycles. The van der Waals surface area contributed by atoms with Crippen LogP contribution in [0.25, 0.3) is 0 Å². The Bertz CT molecular complexity index is 1070. The second-order valence-electron chi connectivity index (χ2n) is 13.6. The molecule has 0 aromatic rings. The molecular formula is C34H59NO15. The van der Waals surface area contributed by atoms with Gasteiger partial charge in [0, 0.05) is 12.5 Å². The van der Waals surface area contributed by atoms with Gasteiger partial charge in [0.15, 0.2) is 0 Å². The molecule has 0 aromatic carbocycles. The van der Waals surface area contributed by atoms with Crippen molar-refractivity contribution in [3.05, 3.63) is 0 Å². The lowest BCUT2D eigenvalue weighted by atomic mass is 9.87. The van der Waals surface area contributed by atoms with Crippen molar-refractivity contribution in [2.45, 2.75) is 154 Å². The monoisotopic (exact) mass is 721 g/mol. The van der Waals surface area contributed by atoms with Crippen molar-refractivity contribution in [3.63, 3.8) is 0 Å². The number of aliphatic hydroxyl groups excluding tert-OH is 3. The lowest BCUT2D eigenvalue weighted by molar-refractivity contribution is -0.177. The summed E-state index contributed by atoms with van der Waals surface area (Å²) < 4.78 is 11.4. The summed E-state index contributed by atoms with van der Waals surface area (Å²) in [5.41, 5.74) is 5.63. The van der Waals surface area contributed by atoms with E-state index in [0.29, 0.717) is 38.5 Å². The normalized spacial score (nSPS) is 17.5. The molecule has 0 rings (SSSR count). The van der Waals surface area contributed by atoms with E-state index in [9.17, 15) is 54.3 Å². The summed E-state index contributed by atoms with van der Waals surface area (Å²) in [6.45, 7) is 7.06. The van der Waals surface area contributed by atoms with E-state index in [-0.39, 0.29) is 25.2 Å². The Morgan fingerprint density at radius 1 is 0.620 bits per heavy atom. The Morgan fingerprint density at radius 2 is 1.08 bits per heavy atom. The number of rotatable bonds is 29. The number of esters is 2. The van der Waals surface area contributed by atoms with Crippen molar-refractivity contribution < 1.29 is 74.0 Å². The van der Waals surface area contributed by atoms with Crippen LogP contribution < -0.4 is 5.73 Å². The Morgan fingerprint density at radius 3 is 1.50 bits per heavy atom. The molecule has 0 spiro atoms. The van der Waals surface area contributed by atoms with Crippen LogP contribution in [-0.2, 0) is 38.2 Å². The first-order valence-electron chi connectivity index (χ1n) is 17.3. The number of hydrogen-bond acceptors (Lipinski definition) is 12. The van der Waals surface area contributed by atoms with E-state index < -0.39 is 116 Å². The fraction of sp³-hybridized carbons (Fsp3) is 0.824. The van der Waals surface area contributed by atoms with Crippen LogP contribution in [0.4, 0.5) is 0 Å². The van der Waals surface area contributed by atoms with Gasteiger partial charge in [0.25, 0.3) is 0 Å². The molecule has 0 heterocycles. The van der Waals surface area contributed by atoms with Crippen LogP contribution in [0.1, 0.15) is 118 Å². The van der Waals surface area contributed by atoms with Gasteiger partial charge in [0.05, 0.1) is 55.8 Å². The zero-order chi connectivity index (χ0) is 38.6. The number of aliphatic hydroxyl groups is 3. The SMILES string of the molecule is CCCC[C@@H](C)[C@@H](OC(=O)C[C@H](CC(=O)O)C(=O)O)[C@H](C[C@@H](C)C[C@H](O)CCCC[C@H](O)C[C@H](O)[C@H](C)N)OC(=O)C[C@H](CC(=O)O)C(=O)O. The third kappa shape index (κ3) is 21.0. The number of carbonyl (C=O) groups excluding carboxylic acids is 2. The molecule has 0 unspecified atom stereocenters. The van der Waals surface area contributed by atoms with Crippen LogP contribution in [0.2, 0.25) is 0 Å². The molecule has 0 bridgehead atoms. The summed E-state index contributed by atoms with van der Waals surface area (Å²) in [6, 6.07) is -0.476. The molecule has 0 aliphatic carbocycles. The fourth-order valence-corrected chi connectivity index (χ4v) is 5.68. The standard InChI is InChI=1S/C34H59NO15/c1-5-6-9-20(3)32(50-31(44)17-23(34(47)48)15-29(41)42)27(49-30(43)16-22(33(45)46)14-28(39)40)13-19(2)12-24(36)10-7-8-11-25(37)18-26(38)21(4)35/h19-27,32,36-38H,5-18,35H2,1-4H3,(H,39,40)(H,41,42)(H,45,46)(H,47,48)/t19-,20+,21-,22-,23-,24+,25-,26-,27-,32+/m0/s1. The van der Waals surface area contributed by atoms with Crippen molar-refractivity contribution in [2.75, 3.05) is 0 Å². The van der Waals surface area contributed by atoms with Gasteiger partial charge in [-0.3, -0.25) is 28.8 Å². The third-order valence-corrected chi connectivity index (χ3v) is 8.61. The van der Waals surface area contributed by atoms with Crippen molar-refractivity contribution in [1.82, 2.24) is 0 Å². The van der Waals surface area contributed by atoms with Gasteiger partial charge in [-0.1, -0.05) is 46.5 Å². The zero-order valence-corrected chi connectivity index (χ0v) is 29.6. The van der Waals surface area contributed by atoms with Crippen molar-refractivity contribution >= 4 is 35.8 Å². The first-order valence-corrected chi connectivity index (χ1v) is 17.3. The molecule has 0 fully saturated rings.